The first-order valence-corrected chi connectivity index (χ1v) is 20.1. The van der Waals surface area contributed by atoms with E-state index in [-0.39, 0.29) is 10.8 Å². The standard InChI is InChI=1S/C53H45N5/c1-52(2,3)36-28-24-34(25-29-36)49-54-50(35-26-30-37(31-27-35)53(4,5)6)56-51(55-49)48-46(58-42-21-13-10-18-39(42)40-19-11-14-22-43(40)58)33-32-45-47(48)41-20-12-15-23-44(41)57(45)38-16-8-7-9-17-38/h7-33H,1-6H3. The van der Waals surface area contributed by atoms with Crippen molar-refractivity contribution in [3.63, 3.8) is 0 Å². The molecule has 0 spiro atoms. The molecule has 10 aromatic rings. The average molecular weight is 752 g/mol. The molecule has 0 N–H and O–H groups in total. The summed E-state index contributed by atoms with van der Waals surface area (Å²) in [7, 11) is 0. The maximum absolute atomic E-state index is 5.47. The normalized spacial score (nSPS) is 12.3. The van der Waals surface area contributed by atoms with Crippen LogP contribution in [0.1, 0.15) is 52.7 Å². The van der Waals surface area contributed by atoms with Crippen LogP contribution in [0.25, 0.3) is 89.2 Å². The van der Waals surface area contributed by atoms with Crippen LogP contribution < -0.4 is 0 Å². The summed E-state index contributed by atoms with van der Waals surface area (Å²) in [4.78, 5) is 16.2. The highest BCUT2D eigenvalue weighted by Crippen LogP contribution is 2.44. The van der Waals surface area contributed by atoms with E-state index in [1.807, 2.05) is 0 Å². The lowest BCUT2D eigenvalue weighted by Gasteiger charge is -2.20. The van der Waals surface area contributed by atoms with Gasteiger partial charge in [-0.25, -0.2) is 15.0 Å². The highest BCUT2D eigenvalue weighted by molar-refractivity contribution is 6.18. The second-order valence-electron chi connectivity index (χ2n) is 17.4. The molecule has 0 amide bonds. The molecule has 0 aliphatic rings. The third-order valence-electron chi connectivity index (χ3n) is 11.5. The first-order chi connectivity index (χ1) is 28.0. The van der Waals surface area contributed by atoms with Gasteiger partial charge in [0, 0.05) is 38.4 Å². The van der Waals surface area contributed by atoms with Crippen molar-refractivity contribution in [1.29, 1.82) is 0 Å². The summed E-state index contributed by atoms with van der Waals surface area (Å²) in [6, 6.07) is 58.6. The molecule has 0 unspecified atom stereocenters. The van der Waals surface area contributed by atoms with E-state index >= 15 is 0 Å². The molecule has 3 aromatic heterocycles. The second kappa shape index (κ2) is 13.4. The first-order valence-electron chi connectivity index (χ1n) is 20.1. The van der Waals surface area contributed by atoms with Gasteiger partial charge in [-0.1, -0.05) is 163 Å². The van der Waals surface area contributed by atoms with Crippen molar-refractivity contribution < 1.29 is 0 Å². The van der Waals surface area contributed by atoms with E-state index in [9.17, 15) is 0 Å². The Kier molecular flexibility index (Phi) is 8.20. The van der Waals surface area contributed by atoms with Crippen LogP contribution in [0, 0.1) is 0 Å². The van der Waals surface area contributed by atoms with E-state index in [4.69, 9.17) is 15.0 Å². The minimum absolute atomic E-state index is 0.0164. The minimum atomic E-state index is 0.0164. The summed E-state index contributed by atoms with van der Waals surface area (Å²) in [6.45, 7) is 13.4. The van der Waals surface area contributed by atoms with Crippen LogP contribution in [0.3, 0.4) is 0 Å². The van der Waals surface area contributed by atoms with E-state index in [1.165, 1.54) is 21.9 Å². The molecule has 0 bridgehead atoms. The van der Waals surface area contributed by atoms with Crippen LogP contribution in [-0.2, 0) is 10.8 Å². The number of hydrogen-bond donors (Lipinski definition) is 0. The fraction of sp³-hybridized carbons (Fsp3) is 0.151. The summed E-state index contributed by atoms with van der Waals surface area (Å²) in [5.41, 5.74) is 12.0. The van der Waals surface area contributed by atoms with Gasteiger partial charge in [-0.3, -0.25) is 0 Å². The summed E-state index contributed by atoms with van der Waals surface area (Å²) >= 11 is 0. The van der Waals surface area contributed by atoms with Gasteiger partial charge >= 0.3 is 0 Å². The van der Waals surface area contributed by atoms with Crippen LogP contribution in [0.4, 0.5) is 0 Å². The van der Waals surface area contributed by atoms with E-state index < -0.39 is 0 Å². The van der Waals surface area contributed by atoms with Crippen LogP contribution in [0.5, 0.6) is 0 Å². The predicted octanol–water partition coefficient (Wildman–Crippen LogP) is 13.7. The monoisotopic (exact) mass is 751 g/mol. The van der Waals surface area contributed by atoms with Crippen molar-refractivity contribution >= 4 is 43.6 Å². The predicted molar refractivity (Wildman–Crippen MR) is 242 cm³/mol. The lowest BCUT2D eigenvalue weighted by Crippen LogP contribution is -2.11. The number of hydrogen-bond acceptors (Lipinski definition) is 3. The molecule has 0 fully saturated rings. The van der Waals surface area contributed by atoms with Crippen molar-refractivity contribution in [2.45, 2.75) is 52.4 Å². The highest BCUT2D eigenvalue weighted by atomic mass is 15.1. The molecule has 0 saturated carbocycles. The smallest absolute Gasteiger partial charge is 0.166 e. The Bertz CT molecular complexity index is 3030. The molecule has 5 nitrogen and oxygen atoms in total. The van der Waals surface area contributed by atoms with Crippen molar-refractivity contribution in [2.24, 2.45) is 0 Å². The van der Waals surface area contributed by atoms with Crippen LogP contribution in [-0.4, -0.2) is 24.1 Å². The Balaban J connectivity index is 1.35. The molecule has 0 aliphatic heterocycles. The van der Waals surface area contributed by atoms with Gasteiger partial charge < -0.3 is 9.13 Å². The molecule has 3 heterocycles. The second-order valence-corrected chi connectivity index (χ2v) is 17.4. The van der Waals surface area contributed by atoms with E-state index in [0.717, 1.165) is 60.9 Å². The third-order valence-corrected chi connectivity index (χ3v) is 11.5. The van der Waals surface area contributed by atoms with E-state index in [2.05, 4.69) is 214 Å². The maximum atomic E-state index is 5.47. The first kappa shape index (κ1) is 35.6. The number of benzene rings is 7. The van der Waals surface area contributed by atoms with Crippen LogP contribution >= 0.6 is 0 Å². The Morgan fingerprint density at radius 3 is 1.29 bits per heavy atom. The Morgan fingerprint density at radius 2 is 0.793 bits per heavy atom. The number of nitrogens with zero attached hydrogens (tertiary/aromatic N) is 5. The fourth-order valence-corrected chi connectivity index (χ4v) is 8.48. The molecule has 282 valence electrons. The number of aromatic nitrogens is 5. The van der Waals surface area contributed by atoms with E-state index in [0.29, 0.717) is 17.5 Å². The molecule has 58 heavy (non-hydrogen) atoms. The molecule has 0 atom stereocenters. The maximum Gasteiger partial charge on any atom is 0.166 e. The minimum Gasteiger partial charge on any atom is -0.309 e. The van der Waals surface area contributed by atoms with Gasteiger partial charge in [0.25, 0.3) is 0 Å². The zero-order valence-electron chi connectivity index (χ0n) is 33.8. The average Bonchev–Trinajstić information content (AvgIpc) is 3.76. The molecule has 10 rings (SSSR count). The lowest BCUT2D eigenvalue weighted by atomic mass is 9.86. The molecule has 0 aliphatic carbocycles. The zero-order chi connectivity index (χ0) is 39.8. The fourth-order valence-electron chi connectivity index (χ4n) is 8.48. The SMILES string of the molecule is CC(C)(C)c1ccc(-c2nc(-c3ccc(C(C)(C)C)cc3)nc(-c3c(-n4c5ccccc5c5ccccc54)ccc4c3c3ccccc3n4-c3ccccc3)n2)cc1. The summed E-state index contributed by atoms with van der Waals surface area (Å²) < 4.78 is 4.76. The lowest BCUT2D eigenvalue weighted by molar-refractivity contribution is 0.590. The Labute approximate surface area is 339 Å². The quantitative estimate of drug-likeness (QED) is 0.176. The zero-order valence-corrected chi connectivity index (χ0v) is 33.8. The Hall–Kier alpha value is -6.85. The molecular formula is C53H45N5. The number of para-hydroxylation sites is 4. The van der Waals surface area contributed by atoms with Gasteiger partial charge in [-0.15, -0.1) is 0 Å². The van der Waals surface area contributed by atoms with Gasteiger partial charge in [0.15, 0.2) is 17.5 Å². The summed E-state index contributed by atoms with van der Waals surface area (Å²) in [5, 5.41) is 4.62. The van der Waals surface area contributed by atoms with Crippen molar-refractivity contribution in [3.8, 4) is 45.5 Å². The molecular weight excluding hydrogens is 707 g/mol. The van der Waals surface area contributed by atoms with Gasteiger partial charge in [-0.05, 0) is 64.4 Å². The van der Waals surface area contributed by atoms with Crippen molar-refractivity contribution in [1.82, 2.24) is 24.1 Å². The van der Waals surface area contributed by atoms with Crippen LogP contribution in [0.15, 0.2) is 164 Å². The molecule has 0 radical (unpaired) electrons. The topological polar surface area (TPSA) is 48.5 Å². The van der Waals surface area contributed by atoms with Crippen LogP contribution in [0.2, 0.25) is 0 Å². The molecule has 7 aromatic carbocycles. The number of rotatable bonds is 5. The molecule has 0 saturated heterocycles. The Morgan fingerprint density at radius 1 is 0.362 bits per heavy atom. The number of fused-ring (bicyclic) bond motifs is 6. The third kappa shape index (κ3) is 5.89. The van der Waals surface area contributed by atoms with Gasteiger partial charge in [0.2, 0.25) is 0 Å². The largest absolute Gasteiger partial charge is 0.309 e. The van der Waals surface area contributed by atoms with E-state index in [1.54, 1.807) is 0 Å². The van der Waals surface area contributed by atoms with Gasteiger partial charge in [0.05, 0.1) is 33.3 Å². The summed E-state index contributed by atoms with van der Waals surface area (Å²) in [6.07, 6.45) is 0. The molecule has 5 heteroatoms. The highest BCUT2D eigenvalue weighted by Gasteiger charge is 2.26. The van der Waals surface area contributed by atoms with Gasteiger partial charge in [0.1, 0.15) is 0 Å². The van der Waals surface area contributed by atoms with Crippen molar-refractivity contribution in [2.75, 3.05) is 0 Å². The van der Waals surface area contributed by atoms with Crippen molar-refractivity contribution in [3.05, 3.63) is 175 Å². The summed E-state index contributed by atoms with van der Waals surface area (Å²) in [5.74, 6) is 1.90. The van der Waals surface area contributed by atoms with Gasteiger partial charge in [-0.2, -0.15) is 0 Å².